The van der Waals surface area contributed by atoms with Gasteiger partial charge in [0.1, 0.15) is 37.6 Å². The molecule has 2 saturated heterocycles. The third-order valence-electron chi connectivity index (χ3n) is 12.2. The molecule has 17 heteroatoms. The van der Waals surface area contributed by atoms with Crippen LogP contribution in [0.2, 0.25) is 0 Å². The van der Waals surface area contributed by atoms with Crippen molar-refractivity contribution in [2.75, 3.05) is 26.4 Å². The van der Waals surface area contributed by atoms with Crippen molar-refractivity contribution in [2.45, 2.75) is 101 Å². The molecule has 10 atom stereocenters. The molecule has 5 aromatic rings. The SMILES string of the molecule is C[C@@H]1C(N=[N+]=[N-])[C@H](OCCCCCN(Cc2ccccc2)C(=O)OCc2ccccc2)OC(COC(=O)c2ccccc2)[C@H]1O[C@@H]1OC(CO)[C@@H](O)[C@@H](OCc2ccccc2)C1OC(=O)c1ccccc1. The van der Waals surface area contributed by atoms with Gasteiger partial charge < -0.3 is 53.0 Å². The van der Waals surface area contributed by atoms with Crippen LogP contribution in [0.4, 0.5) is 4.79 Å². The summed E-state index contributed by atoms with van der Waals surface area (Å²) in [6.45, 7) is 1.86. The number of unbranched alkanes of at least 4 members (excludes halogenated alkanes) is 2. The van der Waals surface area contributed by atoms with Crippen molar-refractivity contribution in [3.05, 3.63) is 190 Å². The van der Waals surface area contributed by atoms with Crippen molar-refractivity contribution in [3.8, 4) is 0 Å². The predicted molar refractivity (Wildman–Crippen MR) is 258 cm³/mol. The summed E-state index contributed by atoms with van der Waals surface area (Å²) in [7, 11) is 0. The second-order valence-electron chi connectivity index (χ2n) is 17.3. The van der Waals surface area contributed by atoms with Crippen molar-refractivity contribution in [2.24, 2.45) is 11.0 Å². The van der Waals surface area contributed by atoms with Gasteiger partial charge >= 0.3 is 18.0 Å². The van der Waals surface area contributed by atoms with E-state index in [2.05, 4.69) is 10.0 Å². The van der Waals surface area contributed by atoms with Crippen molar-refractivity contribution in [1.29, 1.82) is 0 Å². The Labute approximate surface area is 412 Å². The molecule has 1 amide bonds. The van der Waals surface area contributed by atoms with Crippen LogP contribution < -0.4 is 0 Å². The second kappa shape index (κ2) is 27.1. The standard InChI is InChI=1S/C54H60N4O13/c1-37-45(56-57-55)52(64-31-19-7-18-30-58(32-38-20-8-2-9-21-38)54(63)67-35-40-24-12-4-13-25-40)69-44(36-66-50(61)41-26-14-5-15-27-41)47(37)71-53-49(70-51(62)42-28-16-6-17-29-42)48(46(60)43(33-59)68-53)65-34-39-22-10-3-11-23-39/h2-6,8-17,20-29,37,43-49,52-53,59-60H,7,18-19,30-36H2,1H3/t37-,43?,44?,45?,46-,47+,48-,49?,52-,53+/m1/s1. The molecule has 71 heavy (non-hydrogen) atoms. The fourth-order valence-electron chi connectivity index (χ4n) is 8.41. The Kier molecular flexibility index (Phi) is 19.9. The summed E-state index contributed by atoms with van der Waals surface area (Å²) >= 11 is 0. The first-order valence-electron chi connectivity index (χ1n) is 23.8. The number of ether oxygens (including phenoxy) is 8. The lowest BCUT2D eigenvalue weighted by atomic mass is 9.88. The van der Waals surface area contributed by atoms with Crippen LogP contribution in [0.15, 0.2) is 157 Å². The molecule has 7 rings (SSSR count). The fraction of sp³-hybridized carbons (Fsp3) is 0.389. The molecule has 17 nitrogen and oxygen atoms in total. The Bertz CT molecular complexity index is 2440. The van der Waals surface area contributed by atoms with Crippen LogP contribution in [0.1, 0.15) is 63.6 Å². The van der Waals surface area contributed by atoms with Gasteiger partial charge in [-0.1, -0.05) is 139 Å². The van der Waals surface area contributed by atoms with Gasteiger partial charge in [-0.25, -0.2) is 14.4 Å². The van der Waals surface area contributed by atoms with Gasteiger partial charge in [0, 0.05) is 24.6 Å². The summed E-state index contributed by atoms with van der Waals surface area (Å²) in [5, 5.41) is 26.1. The fourth-order valence-corrected chi connectivity index (χ4v) is 8.41. The van der Waals surface area contributed by atoms with Gasteiger partial charge in [-0.3, -0.25) is 0 Å². The molecule has 0 saturated carbocycles. The molecule has 0 bridgehead atoms. The summed E-state index contributed by atoms with van der Waals surface area (Å²) in [4.78, 5) is 45.2. The second-order valence-corrected chi connectivity index (χ2v) is 17.3. The highest BCUT2D eigenvalue weighted by Crippen LogP contribution is 2.36. The zero-order chi connectivity index (χ0) is 49.8. The normalized spacial score (nSPS) is 23.9. The van der Waals surface area contributed by atoms with Crippen LogP contribution in [-0.4, -0.2) is 115 Å². The molecular weight excluding hydrogens is 913 g/mol. The van der Waals surface area contributed by atoms with E-state index in [0.29, 0.717) is 37.9 Å². The lowest BCUT2D eigenvalue weighted by Gasteiger charge is -2.48. The maximum absolute atomic E-state index is 13.7. The third kappa shape index (κ3) is 14.9. The average molecular weight is 973 g/mol. The molecule has 4 unspecified atom stereocenters. The van der Waals surface area contributed by atoms with E-state index in [9.17, 15) is 30.1 Å². The molecule has 2 aliphatic heterocycles. The van der Waals surface area contributed by atoms with Gasteiger partial charge in [0.2, 0.25) is 0 Å². The van der Waals surface area contributed by atoms with Crippen LogP contribution in [0.3, 0.4) is 0 Å². The predicted octanol–water partition coefficient (Wildman–Crippen LogP) is 8.18. The number of hydrogen-bond acceptors (Lipinski definition) is 14. The van der Waals surface area contributed by atoms with Gasteiger partial charge in [0.05, 0.1) is 36.5 Å². The quantitative estimate of drug-likeness (QED) is 0.0158. The monoisotopic (exact) mass is 972 g/mol. The Hall–Kier alpha value is -6.66. The van der Waals surface area contributed by atoms with Crippen LogP contribution >= 0.6 is 0 Å². The van der Waals surface area contributed by atoms with Crippen molar-refractivity contribution in [3.63, 3.8) is 0 Å². The van der Waals surface area contributed by atoms with E-state index in [-0.39, 0.29) is 32.0 Å². The number of azide groups is 1. The summed E-state index contributed by atoms with van der Waals surface area (Å²) in [5.41, 5.74) is 13.0. The highest BCUT2D eigenvalue weighted by atomic mass is 16.7. The van der Waals surface area contributed by atoms with Crippen LogP contribution in [0, 0.1) is 5.92 Å². The zero-order valence-electron chi connectivity index (χ0n) is 39.5. The lowest BCUT2D eigenvalue weighted by molar-refractivity contribution is -0.344. The van der Waals surface area contributed by atoms with Crippen LogP contribution in [0.5, 0.6) is 0 Å². The summed E-state index contributed by atoms with van der Waals surface area (Å²) in [6, 6.07) is 43.9. The summed E-state index contributed by atoms with van der Waals surface area (Å²) < 4.78 is 49.6. The van der Waals surface area contributed by atoms with Crippen LogP contribution in [0.25, 0.3) is 10.4 Å². The molecule has 5 aromatic carbocycles. The largest absolute Gasteiger partial charge is 0.459 e. The number of aliphatic hydroxyl groups is 2. The number of rotatable bonds is 23. The number of carbonyl (C=O) groups is 3. The lowest BCUT2D eigenvalue weighted by Crippen LogP contribution is -2.64. The average Bonchev–Trinajstić information content (AvgIpc) is 3.41. The molecule has 2 fully saturated rings. The molecule has 0 aromatic heterocycles. The van der Waals surface area contributed by atoms with Crippen molar-refractivity contribution < 1.29 is 62.5 Å². The molecular formula is C54H60N4O13. The number of carbonyl (C=O) groups excluding carboxylic acids is 3. The first-order chi connectivity index (χ1) is 34.7. The number of aliphatic hydroxyl groups excluding tert-OH is 2. The smallest absolute Gasteiger partial charge is 0.410 e. The molecule has 2 N–H and O–H groups in total. The Balaban J connectivity index is 1.07. The zero-order valence-corrected chi connectivity index (χ0v) is 39.5. The minimum Gasteiger partial charge on any atom is -0.459 e. The third-order valence-corrected chi connectivity index (χ3v) is 12.2. The minimum absolute atomic E-state index is 0.000948. The first kappa shape index (κ1) is 52.2. The first-order valence-corrected chi connectivity index (χ1v) is 23.8. The van der Waals surface area contributed by atoms with E-state index in [1.165, 1.54) is 0 Å². The number of amides is 1. The molecule has 0 aliphatic carbocycles. The highest BCUT2D eigenvalue weighted by Gasteiger charge is 2.53. The van der Waals surface area contributed by atoms with Crippen molar-refractivity contribution in [1.82, 2.24) is 4.90 Å². The van der Waals surface area contributed by atoms with E-state index >= 15 is 0 Å². The maximum Gasteiger partial charge on any atom is 0.410 e. The number of hydrogen-bond donors (Lipinski definition) is 2. The molecule has 0 spiro atoms. The van der Waals surface area contributed by atoms with E-state index < -0.39 is 85.8 Å². The highest BCUT2D eigenvalue weighted by molar-refractivity contribution is 5.89. The van der Waals surface area contributed by atoms with Crippen LogP contribution in [-0.2, 0) is 57.7 Å². The van der Waals surface area contributed by atoms with Gasteiger partial charge in [0.15, 0.2) is 18.7 Å². The maximum atomic E-state index is 13.7. The van der Waals surface area contributed by atoms with E-state index in [1.54, 1.807) is 72.5 Å². The van der Waals surface area contributed by atoms with E-state index in [4.69, 9.17) is 37.9 Å². The van der Waals surface area contributed by atoms with E-state index in [0.717, 1.165) is 16.7 Å². The Morgan fingerprint density at radius 1 is 0.648 bits per heavy atom. The van der Waals surface area contributed by atoms with Gasteiger partial charge in [-0.15, -0.1) is 0 Å². The Morgan fingerprint density at radius 3 is 1.82 bits per heavy atom. The molecule has 2 aliphatic rings. The van der Waals surface area contributed by atoms with Gasteiger partial charge in [-0.2, -0.15) is 0 Å². The molecule has 2 heterocycles. The molecule has 0 radical (unpaired) electrons. The van der Waals surface area contributed by atoms with Gasteiger partial charge in [0.25, 0.3) is 0 Å². The summed E-state index contributed by atoms with van der Waals surface area (Å²) in [6.07, 6.45) is -8.85. The number of esters is 2. The number of benzene rings is 5. The van der Waals surface area contributed by atoms with Gasteiger partial charge in [-0.05, 0) is 71.7 Å². The van der Waals surface area contributed by atoms with E-state index in [1.807, 2.05) is 91.0 Å². The van der Waals surface area contributed by atoms with Crippen molar-refractivity contribution >= 4 is 18.0 Å². The molecule has 374 valence electrons. The minimum atomic E-state index is -1.51. The summed E-state index contributed by atoms with van der Waals surface area (Å²) in [5.74, 6) is -2.12. The topological polar surface area (TPSA) is 218 Å². The Morgan fingerprint density at radius 2 is 1.21 bits per heavy atom. The number of nitrogens with zero attached hydrogens (tertiary/aromatic N) is 4.